The van der Waals surface area contributed by atoms with E-state index in [9.17, 15) is 4.79 Å². The van der Waals surface area contributed by atoms with Crippen LogP contribution in [-0.2, 0) is 0 Å². The summed E-state index contributed by atoms with van der Waals surface area (Å²) < 4.78 is 0. The summed E-state index contributed by atoms with van der Waals surface area (Å²) in [7, 11) is 1.69. The number of aromatic nitrogens is 2. The minimum absolute atomic E-state index is 0.311. The molecule has 0 fully saturated rings. The van der Waals surface area contributed by atoms with E-state index in [1.165, 1.54) is 18.0 Å². The number of anilines is 2. The molecule has 0 bridgehead atoms. The zero-order valence-corrected chi connectivity index (χ0v) is 13.6. The molecule has 2 rings (SSSR count). The van der Waals surface area contributed by atoms with Crippen molar-refractivity contribution in [3.05, 3.63) is 40.0 Å². The van der Waals surface area contributed by atoms with Crippen LogP contribution in [0.3, 0.4) is 0 Å². The van der Waals surface area contributed by atoms with Crippen LogP contribution in [0.25, 0.3) is 0 Å². The molecule has 2 N–H and O–H groups in total. The van der Waals surface area contributed by atoms with Crippen LogP contribution in [0.15, 0.2) is 29.6 Å². The van der Waals surface area contributed by atoms with Gasteiger partial charge in [-0.2, -0.15) is 0 Å². The number of nitrogens with one attached hydrogen (secondary N) is 2. The molecule has 110 valence electrons. The molecule has 0 aliphatic heterocycles. The molecule has 1 aromatic carbocycles. The van der Waals surface area contributed by atoms with E-state index < -0.39 is 0 Å². The summed E-state index contributed by atoms with van der Waals surface area (Å²) in [5.41, 5.74) is 0.674. The third kappa shape index (κ3) is 3.58. The Labute approximate surface area is 136 Å². The van der Waals surface area contributed by atoms with Crippen LogP contribution in [-0.4, -0.2) is 29.2 Å². The molecule has 0 atom stereocenters. The first-order valence-electron chi connectivity index (χ1n) is 5.91. The van der Waals surface area contributed by atoms with Crippen LogP contribution in [0, 0.1) is 0 Å². The first kappa shape index (κ1) is 15.9. The van der Waals surface area contributed by atoms with Crippen molar-refractivity contribution < 1.29 is 4.79 Å². The van der Waals surface area contributed by atoms with Gasteiger partial charge in [0.1, 0.15) is 11.4 Å². The molecule has 0 unspecified atom stereocenters. The molecule has 1 amide bonds. The summed E-state index contributed by atoms with van der Waals surface area (Å²) in [6.45, 7) is 0. The Morgan fingerprint density at radius 2 is 1.95 bits per heavy atom. The molecule has 1 heterocycles. The number of carbonyl (C=O) groups excluding carboxylic acids is 1. The minimum Gasteiger partial charge on any atom is -0.372 e. The Morgan fingerprint density at radius 3 is 2.52 bits per heavy atom. The Bertz CT molecular complexity index is 661. The summed E-state index contributed by atoms with van der Waals surface area (Å²) in [4.78, 5) is 20.7. The fourth-order valence-electron chi connectivity index (χ4n) is 1.62. The number of nitrogens with zero attached hydrogens (tertiary/aromatic N) is 2. The molecular formula is C13H12Cl2N4OS. The van der Waals surface area contributed by atoms with E-state index in [0.717, 1.165) is 0 Å². The van der Waals surface area contributed by atoms with Gasteiger partial charge in [-0.15, -0.1) is 0 Å². The third-order valence-electron chi connectivity index (χ3n) is 2.63. The monoisotopic (exact) mass is 342 g/mol. The Kier molecular flexibility index (Phi) is 5.27. The number of para-hydroxylation sites is 1. The van der Waals surface area contributed by atoms with Crippen molar-refractivity contribution in [1.82, 2.24) is 9.97 Å². The van der Waals surface area contributed by atoms with Crippen molar-refractivity contribution in [2.24, 2.45) is 0 Å². The lowest BCUT2D eigenvalue weighted by atomic mass is 10.2. The lowest BCUT2D eigenvalue weighted by Crippen LogP contribution is -2.16. The number of rotatable bonds is 4. The molecule has 0 saturated heterocycles. The topological polar surface area (TPSA) is 66.9 Å². The number of amides is 1. The van der Waals surface area contributed by atoms with E-state index in [1.54, 1.807) is 25.2 Å². The first-order chi connectivity index (χ1) is 10.1. The quantitative estimate of drug-likeness (QED) is 0.653. The number of thioether (sulfide) groups is 1. The number of hydrogen-bond acceptors (Lipinski definition) is 5. The Balaban J connectivity index is 2.32. The number of halogens is 2. The van der Waals surface area contributed by atoms with Crippen molar-refractivity contribution in [3.8, 4) is 0 Å². The second kappa shape index (κ2) is 6.98. The number of hydrogen-bond donors (Lipinski definition) is 2. The highest BCUT2D eigenvalue weighted by atomic mass is 35.5. The van der Waals surface area contributed by atoms with Gasteiger partial charge >= 0.3 is 0 Å². The molecule has 8 heteroatoms. The molecule has 0 aliphatic rings. The predicted molar refractivity (Wildman–Crippen MR) is 87.8 cm³/mol. The first-order valence-corrected chi connectivity index (χ1v) is 7.89. The SMILES string of the molecule is CNc1nc(SC)ncc1C(=O)Nc1c(Cl)cccc1Cl. The van der Waals surface area contributed by atoms with Crippen LogP contribution >= 0.6 is 35.0 Å². The average Bonchev–Trinajstić information content (AvgIpc) is 2.50. The fourth-order valence-corrected chi connectivity index (χ4v) is 2.45. The summed E-state index contributed by atoms with van der Waals surface area (Å²) in [5.74, 6) is 0.0528. The van der Waals surface area contributed by atoms with Gasteiger partial charge in [-0.1, -0.05) is 41.0 Å². The summed E-state index contributed by atoms with van der Waals surface area (Å²) in [6.07, 6.45) is 3.32. The van der Waals surface area contributed by atoms with Crippen molar-refractivity contribution in [3.63, 3.8) is 0 Å². The molecule has 2 aromatic rings. The second-order valence-electron chi connectivity index (χ2n) is 3.92. The van der Waals surface area contributed by atoms with Crippen LogP contribution < -0.4 is 10.6 Å². The standard InChI is InChI=1S/C13H12Cl2N4OS/c1-16-11-7(6-17-13(19-11)21-2)12(20)18-10-8(14)4-3-5-9(10)15/h3-6H,1-2H3,(H,18,20)(H,16,17,19). The smallest absolute Gasteiger partial charge is 0.261 e. The van der Waals surface area contributed by atoms with Crippen molar-refractivity contribution in [1.29, 1.82) is 0 Å². The van der Waals surface area contributed by atoms with Gasteiger partial charge < -0.3 is 10.6 Å². The molecule has 5 nitrogen and oxygen atoms in total. The minimum atomic E-state index is -0.387. The average molecular weight is 343 g/mol. The maximum Gasteiger partial charge on any atom is 0.261 e. The van der Waals surface area contributed by atoms with Crippen LogP contribution in [0.2, 0.25) is 10.0 Å². The van der Waals surface area contributed by atoms with Crippen LogP contribution in [0.5, 0.6) is 0 Å². The summed E-state index contributed by atoms with van der Waals surface area (Å²) in [5, 5.41) is 6.86. The van der Waals surface area contributed by atoms with E-state index in [1.807, 2.05) is 6.26 Å². The van der Waals surface area contributed by atoms with Gasteiger partial charge in [0.2, 0.25) is 0 Å². The third-order valence-corrected chi connectivity index (χ3v) is 3.82. The zero-order chi connectivity index (χ0) is 15.4. The highest BCUT2D eigenvalue weighted by molar-refractivity contribution is 7.98. The Morgan fingerprint density at radius 1 is 1.29 bits per heavy atom. The van der Waals surface area contributed by atoms with Crippen LogP contribution in [0.1, 0.15) is 10.4 Å². The Hall–Kier alpha value is -1.50. The van der Waals surface area contributed by atoms with Crippen LogP contribution in [0.4, 0.5) is 11.5 Å². The van der Waals surface area contributed by atoms with Crippen molar-refractivity contribution in [2.45, 2.75) is 5.16 Å². The van der Waals surface area contributed by atoms with E-state index >= 15 is 0 Å². The number of carbonyl (C=O) groups is 1. The lowest BCUT2D eigenvalue weighted by Gasteiger charge is -2.11. The van der Waals surface area contributed by atoms with Crippen molar-refractivity contribution in [2.75, 3.05) is 23.9 Å². The maximum absolute atomic E-state index is 12.3. The largest absolute Gasteiger partial charge is 0.372 e. The van der Waals surface area contributed by atoms with E-state index in [2.05, 4.69) is 20.6 Å². The van der Waals surface area contributed by atoms with E-state index in [4.69, 9.17) is 23.2 Å². The number of benzene rings is 1. The lowest BCUT2D eigenvalue weighted by molar-refractivity contribution is 0.102. The normalized spacial score (nSPS) is 10.3. The molecule has 0 aliphatic carbocycles. The van der Waals surface area contributed by atoms with Gasteiger partial charge in [0.05, 0.1) is 15.7 Å². The molecule has 0 saturated carbocycles. The molecule has 0 spiro atoms. The highest BCUT2D eigenvalue weighted by Crippen LogP contribution is 2.30. The molecular weight excluding hydrogens is 331 g/mol. The summed E-state index contributed by atoms with van der Waals surface area (Å²) in [6, 6.07) is 5.00. The van der Waals surface area contributed by atoms with Gasteiger partial charge in [-0.3, -0.25) is 4.79 Å². The van der Waals surface area contributed by atoms with Gasteiger partial charge in [0, 0.05) is 13.2 Å². The second-order valence-corrected chi connectivity index (χ2v) is 5.51. The molecule has 0 radical (unpaired) electrons. The predicted octanol–water partition coefficient (Wildman–Crippen LogP) is 3.80. The zero-order valence-electron chi connectivity index (χ0n) is 11.3. The van der Waals surface area contributed by atoms with Crippen molar-refractivity contribution >= 4 is 52.4 Å². The van der Waals surface area contributed by atoms with E-state index in [0.29, 0.717) is 32.3 Å². The van der Waals surface area contributed by atoms with Gasteiger partial charge in [0.25, 0.3) is 5.91 Å². The highest BCUT2D eigenvalue weighted by Gasteiger charge is 2.16. The molecule has 1 aromatic heterocycles. The van der Waals surface area contributed by atoms with Gasteiger partial charge in [-0.05, 0) is 18.4 Å². The van der Waals surface area contributed by atoms with Gasteiger partial charge in [0.15, 0.2) is 5.16 Å². The van der Waals surface area contributed by atoms with Gasteiger partial charge in [-0.25, -0.2) is 9.97 Å². The molecule has 21 heavy (non-hydrogen) atoms. The maximum atomic E-state index is 12.3. The summed E-state index contributed by atoms with van der Waals surface area (Å²) >= 11 is 13.5. The van der Waals surface area contributed by atoms with E-state index in [-0.39, 0.29) is 5.91 Å². The fraction of sp³-hybridized carbons (Fsp3) is 0.154.